The third-order valence-corrected chi connectivity index (χ3v) is 5.29. The highest BCUT2D eigenvalue weighted by Gasteiger charge is 2.21. The number of methoxy groups -OCH3 is 4. The molecule has 0 amide bonds. The monoisotopic (exact) mass is 487 g/mol. The summed E-state index contributed by atoms with van der Waals surface area (Å²) in [5.41, 5.74) is 4.55. The quantitative estimate of drug-likeness (QED) is 0.271. The summed E-state index contributed by atoms with van der Waals surface area (Å²) >= 11 is 0. The van der Waals surface area contributed by atoms with Gasteiger partial charge in [-0.1, -0.05) is 42.5 Å². The summed E-state index contributed by atoms with van der Waals surface area (Å²) < 4.78 is 21.9. The highest BCUT2D eigenvalue weighted by Crippen LogP contribution is 2.38. The SMILES string of the molecule is COc1ccccc1N/N=C(/c1cc(OC)c(OC)c(OC)c1)c1nc(-c2ccccc2)n[nH]c1=O. The molecule has 3 aromatic carbocycles. The van der Waals surface area contributed by atoms with Gasteiger partial charge in [-0.2, -0.15) is 10.2 Å². The van der Waals surface area contributed by atoms with Crippen LogP contribution in [-0.2, 0) is 0 Å². The van der Waals surface area contributed by atoms with Gasteiger partial charge in [0.05, 0.1) is 34.1 Å². The minimum Gasteiger partial charge on any atom is -0.495 e. The minimum absolute atomic E-state index is 0.0422. The van der Waals surface area contributed by atoms with Crippen molar-refractivity contribution in [3.05, 3.63) is 88.3 Å². The molecule has 4 rings (SSSR count). The number of nitrogens with one attached hydrogen (secondary N) is 2. The fraction of sp³-hybridized carbons (Fsp3) is 0.154. The second-order valence-electron chi connectivity index (χ2n) is 7.39. The van der Waals surface area contributed by atoms with E-state index in [1.807, 2.05) is 42.5 Å². The van der Waals surface area contributed by atoms with E-state index in [1.54, 1.807) is 31.4 Å². The Balaban J connectivity index is 1.93. The Bertz CT molecular complexity index is 1410. The maximum Gasteiger partial charge on any atom is 0.292 e. The van der Waals surface area contributed by atoms with Gasteiger partial charge in [0.1, 0.15) is 11.5 Å². The molecule has 10 heteroatoms. The third-order valence-electron chi connectivity index (χ3n) is 5.29. The Morgan fingerprint density at radius 2 is 1.47 bits per heavy atom. The van der Waals surface area contributed by atoms with E-state index in [1.165, 1.54) is 21.3 Å². The van der Waals surface area contributed by atoms with Crippen molar-refractivity contribution in [3.8, 4) is 34.4 Å². The summed E-state index contributed by atoms with van der Waals surface area (Å²) in [6.45, 7) is 0. The summed E-state index contributed by atoms with van der Waals surface area (Å²) in [5.74, 6) is 2.10. The van der Waals surface area contributed by atoms with Gasteiger partial charge in [0.15, 0.2) is 23.0 Å². The van der Waals surface area contributed by atoms with E-state index >= 15 is 0 Å². The van der Waals surface area contributed by atoms with Crippen molar-refractivity contribution in [1.82, 2.24) is 15.2 Å². The number of rotatable bonds is 9. The number of hydrogen-bond acceptors (Lipinski definition) is 9. The van der Waals surface area contributed by atoms with Crippen molar-refractivity contribution < 1.29 is 18.9 Å². The number of H-pyrrole nitrogens is 1. The van der Waals surface area contributed by atoms with E-state index in [9.17, 15) is 4.79 Å². The molecular weight excluding hydrogens is 462 g/mol. The minimum atomic E-state index is -0.524. The molecule has 0 fully saturated rings. The van der Waals surface area contributed by atoms with Crippen LogP contribution in [0.25, 0.3) is 11.4 Å². The molecule has 0 aliphatic rings. The van der Waals surface area contributed by atoms with Crippen LogP contribution >= 0.6 is 0 Å². The van der Waals surface area contributed by atoms with Crippen LogP contribution in [-0.4, -0.2) is 49.3 Å². The van der Waals surface area contributed by atoms with Gasteiger partial charge in [-0.15, -0.1) is 0 Å². The summed E-state index contributed by atoms with van der Waals surface area (Å²) in [6.07, 6.45) is 0. The molecule has 184 valence electrons. The van der Waals surface area contributed by atoms with Crippen LogP contribution in [0.5, 0.6) is 23.0 Å². The first kappa shape index (κ1) is 24.3. The van der Waals surface area contributed by atoms with E-state index < -0.39 is 5.56 Å². The normalized spacial score (nSPS) is 11.1. The van der Waals surface area contributed by atoms with Crippen LogP contribution in [0.3, 0.4) is 0 Å². The molecule has 0 radical (unpaired) electrons. The Kier molecular flexibility index (Phi) is 7.45. The Hall–Kier alpha value is -4.86. The smallest absolute Gasteiger partial charge is 0.292 e. The Morgan fingerprint density at radius 3 is 2.11 bits per heavy atom. The molecule has 10 nitrogen and oxygen atoms in total. The van der Waals surface area contributed by atoms with Crippen LogP contribution < -0.4 is 29.9 Å². The molecule has 1 aromatic heterocycles. The number of anilines is 1. The van der Waals surface area contributed by atoms with Crippen molar-refractivity contribution in [2.75, 3.05) is 33.9 Å². The van der Waals surface area contributed by atoms with Crippen molar-refractivity contribution in [2.24, 2.45) is 5.10 Å². The number of nitrogens with zero attached hydrogens (tertiary/aromatic N) is 3. The summed E-state index contributed by atoms with van der Waals surface area (Å²) in [4.78, 5) is 17.5. The average Bonchev–Trinajstić information content (AvgIpc) is 2.94. The standard InChI is InChI=1S/C26H25N5O5/c1-33-19-13-9-8-12-18(19)28-29-22(17-14-20(34-2)24(36-4)21(15-17)35-3)23-26(32)31-30-25(27-23)16-10-6-5-7-11-16/h5-15,28H,1-4H3,(H,31,32)/b29-22-. The number of aromatic nitrogens is 3. The number of para-hydroxylation sites is 2. The van der Waals surface area contributed by atoms with Crippen molar-refractivity contribution >= 4 is 11.4 Å². The molecule has 36 heavy (non-hydrogen) atoms. The average molecular weight is 488 g/mol. The van der Waals surface area contributed by atoms with Gasteiger partial charge in [-0.3, -0.25) is 10.2 Å². The second-order valence-corrected chi connectivity index (χ2v) is 7.39. The van der Waals surface area contributed by atoms with E-state index in [4.69, 9.17) is 18.9 Å². The van der Waals surface area contributed by atoms with Gasteiger partial charge in [-0.25, -0.2) is 10.1 Å². The van der Waals surface area contributed by atoms with Gasteiger partial charge in [-0.05, 0) is 24.3 Å². The van der Waals surface area contributed by atoms with Gasteiger partial charge in [0, 0.05) is 11.1 Å². The molecule has 0 aliphatic heterocycles. The van der Waals surface area contributed by atoms with Gasteiger partial charge >= 0.3 is 0 Å². The van der Waals surface area contributed by atoms with Crippen molar-refractivity contribution in [1.29, 1.82) is 0 Å². The fourth-order valence-electron chi connectivity index (χ4n) is 3.54. The molecule has 4 aromatic rings. The first-order valence-electron chi connectivity index (χ1n) is 10.9. The fourth-order valence-corrected chi connectivity index (χ4v) is 3.54. The maximum atomic E-state index is 13.0. The molecule has 2 N–H and O–H groups in total. The van der Waals surface area contributed by atoms with E-state index in [-0.39, 0.29) is 11.4 Å². The zero-order chi connectivity index (χ0) is 25.5. The first-order valence-corrected chi connectivity index (χ1v) is 10.9. The number of aromatic amines is 1. The second kappa shape index (κ2) is 11.0. The Morgan fingerprint density at radius 1 is 0.833 bits per heavy atom. The summed E-state index contributed by atoms with van der Waals surface area (Å²) in [5, 5.41) is 11.2. The molecule has 0 spiro atoms. The lowest BCUT2D eigenvalue weighted by atomic mass is 10.1. The molecule has 0 atom stereocenters. The molecule has 0 saturated carbocycles. The number of hydrazone groups is 1. The summed E-state index contributed by atoms with van der Waals surface area (Å²) in [7, 11) is 6.09. The number of hydrogen-bond donors (Lipinski definition) is 2. The molecule has 0 aliphatic carbocycles. The van der Waals surface area contributed by atoms with Crippen LogP contribution in [0.2, 0.25) is 0 Å². The van der Waals surface area contributed by atoms with Crippen molar-refractivity contribution in [2.45, 2.75) is 0 Å². The maximum absolute atomic E-state index is 13.0. The number of ether oxygens (including phenoxy) is 4. The first-order chi connectivity index (χ1) is 17.6. The highest BCUT2D eigenvalue weighted by molar-refractivity contribution is 6.12. The van der Waals surface area contributed by atoms with Crippen LogP contribution in [0.15, 0.2) is 76.6 Å². The largest absolute Gasteiger partial charge is 0.495 e. The predicted octanol–water partition coefficient (Wildman–Crippen LogP) is 3.73. The Labute approximate surface area is 207 Å². The third kappa shape index (κ3) is 4.97. The zero-order valence-corrected chi connectivity index (χ0v) is 20.2. The molecule has 0 saturated heterocycles. The number of benzene rings is 3. The van der Waals surface area contributed by atoms with Crippen molar-refractivity contribution in [3.63, 3.8) is 0 Å². The molecule has 0 bridgehead atoms. The van der Waals surface area contributed by atoms with Gasteiger partial charge in [0.2, 0.25) is 5.75 Å². The predicted molar refractivity (Wildman–Crippen MR) is 136 cm³/mol. The van der Waals surface area contributed by atoms with Crippen LogP contribution in [0, 0.1) is 0 Å². The lowest BCUT2D eigenvalue weighted by Gasteiger charge is -2.15. The lowest BCUT2D eigenvalue weighted by Crippen LogP contribution is -2.24. The zero-order valence-electron chi connectivity index (χ0n) is 20.2. The topological polar surface area (TPSA) is 120 Å². The summed E-state index contributed by atoms with van der Waals surface area (Å²) in [6, 6.07) is 20.0. The molecular formula is C26H25N5O5. The van der Waals surface area contributed by atoms with Gasteiger partial charge < -0.3 is 18.9 Å². The van der Waals surface area contributed by atoms with Crippen LogP contribution in [0.4, 0.5) is 5.69 Å². The van der Waals surface area contributed by atoms with E-state index in [2.05, 4.69) is 25.7 Å². The molecule has 0 unspecified atom stereocenters. The van der Waals surface area contributed by atoms with E-state index in [0.29, 0.717) is 40.1 Å². The van der Waals surface area contributed by atoms with E-state index in [0.717, 1.165) is 5.56 Å². The molecule has 1 heterocycles. The lowest BCUT2D eigenvalue weighted by molar-refractivity contribution is 0.324. The van der Waals surface area contributed by atoms with Crippen LogP contribution in [0.1, 0.15) is 11.3 Å². The highest BCUT2D eigenvalue weighted by atomic mass is 16.5. The van der Waals surface area contributed by atoms with Gasteiger partial charge in [0.25, 0.3) is 5.56 Å².